The topological polar surface area (TPSA) is 15.3 Å². The van der Waals surface area contributed by atoms with Gasteiger partial charge in [0.2, 0.25) is 0 Å². The molecule has 1 heterocycles. The van der Waals surface area contributed by atoms with Crippen LogP contribution in [0.4, 0.5) is 8.78 Å². The molecule has 2 rings (SSSR count). The van der Waals surface area contributed by atoms with Crippen LogP contribution in [0.5, 0.6) is 0 Å². The van der Waals surface area contributed by atoms with E-state index in [9.17, 15) is 8.78 Å². The van der Waals surface area contributed by atoms with E-state index in [0.29, 0.717) is 12.1 Å². The third-order valence-corrected chi connectivity index (χ3v) is 4.35. The van der Waals surface area contributed by atoms with Crippen molar-refractivity contribution in [2.24, 2.45) is 0 Å². The van der Waals surface area contributed by atoms with E-state index in [4.69, 9.17) is 0 Å². The summed E-state index contributed by atoms with van der Waals surface area (Å²) in [5, 5.41) is 3.55. The fourth-order valence-corrected chi connectivity index (χ4v) is 2.78. The van der Waals surface area contributed by atoms with Crippen LogP contribution in [0.1, 0.15) is 39.7 Å². The Morgan fingerprint density at radius 1 is 1.15 bits per heavy atom. The highest BCUT2D eigenvalue weighted by Gasteiger charge is 2.39. The molecule has 0 aromatic heterocycles. The largest absolute Gasteiger partial charge is 0.309 e. The molecule has 1 aliphatic heterocycles. The molecule has 1 atom stereocenters. The molecule has 20 heavy (non-hydrogen) atoms. The maximum absolute atomic E-state index is 13.3. The molecule has 0 radical (unpaired) electrons. The zero-order chi connectivity index (χ0) is 15.0. The van der Waals surface area contributed by atoms with E-state index in [0.717, 1.165) is 25.6 Å². The summed E-state index contributed by atoms with van der Waals surface area (Å²) in [6, 6.07) is 3.77. The van der Waals surface area contributed by atoms with Crippen LogP contribution in [0.15, 0.2) is 18.2 Å². The first-order valence-electron chi connectivity index (χ1n) is 7.19. The van der Waals surface area contributed by atoms with E-state index in [1.807, 2.05) is 0 Å². The summed E-state index contributed by atoms with van der Waals surface area (Å²) in [5.74, 6) is -1.01. The summed E-state index contributed by atoms with van der Waals surface area (Å²) >= 11 is 0. The molecule has 112 valence electrons. The lowest BCUT2D eigenvalue weighted by molar-refractivity contribution is 0.0174. The molecule has 1 N–H and O–H groups in total. The highest BCUT2D eigenvalue weighted by Crippen LogP contribution is 2.28. The van der Waals surface area contributed by atoms with Gasteiger partial charge in [-0.15, -0.1) is 0 Å². The molecule has 0 bridgehead atoms. The highest BCUT2D eigenvalue weighted by atomic mass is 19.1. The van der Waals surface area contributed by atoms with Crippen LogP contribution < -0.4 is 5.32 Å². The van der Waals surface area contributed by atoms with Crippen LogP contribution in [0.3, 0.4) is 0 Å². The van der Waals surface area contributed by atoms with Gasteiger partial charge in [0.25, 0.3) is 0 Å². The molecule has 0 aliphatic carbocycles. The molecule has 1 aliphatic rings. The minimum Gasteiger partial charge on any atom is -0.309 e. The summed E-state index contributed by atoms with van der Waals surface area (Å²) in [5.41, 5.74) is 0.721. The van der Waals surface area contributed by atoms with Crippen LogP contribution in [-0.2, 0) is 6.54 Å². The van der Waals surface area contributed by atoms with Gasteiger partial charge in [0.1, 0.15) is 11.6 Å². The van der Waals surface area contributed by atoms with Gasteiger partial charge in [0.15, 0.2) is 0 Å². The fourth-order valence-electron chi connectivity index (χ4n) is 2.78. The van der Waals surface area contributed by atoms with Gasteiger partial charge in [-0.05, 0) is 44.9 Å². The molecule has 2 nitrogen and oxygen atoms in total. The first-order chi connectivity index (χ1) is 9.24. The molecule has 4 heteroatoms. The SMILES string of the molecule is CCC1(C)CNC(C)(C)CN1Cc1cc(F)cc(F)c1. The van der Waals surface area contributed by atoms with E-state index < -0.39 is 11.6 Å². The fraction of sp³-hybridized carbons (Fsp3) is 0.625. The van der Waals surface area contributed by atoms with Crippen molar-refractivity contribution in [3.8, 4) is 0 Å². The van der Waals surface area contributed by atoms with Crippen LogP contribution in [0.25, 0.3) is 0 Å². The lowest BCUT2D eigenvalue weighted by Crippen LogP contribution is -2.66. The molecule has 0 saturated carbocycles. The van der Waals surface area contributed by atoms with Crippen LogP contribution in [0, 0.1) is 11.6 Å². The third kappa shape index (κ3) is 3.36. The summed E-state index contributed by atoms with van der Waals surface area (Å²) < 4.78 is 26.7. The second kappa shape index (κ2) is 5.41. The maximum Gasteiger partial charge on any atom is 0.126 e. The smallest absolute Gasteiger partial charge is 0.126 e. The number of benzene rings is 1. The minimum absolute atomic E-state index is 0.0122. The monoisotopic (exact) mass is 282 g/mol. The molecule has 1 aromatic rings. The summed E-state index contributed by atoms with van der Waals surface area (Å²) in [6.07, 6.45) is 0.994. The van der Waals surface area contributed by atoms with Gasteiger partial charge in [0, 0.05) is 36.8 Å². The first kappa shape index (κ1) is 15.4. The van der Waals surface area contributed by atoms with E-state index in [-0.39, 0.29) is 11.1 Å². The number of piperazine rings is 1. The van der Waals surface area contributed by atoms with Crippen molar-refractivity contribution in [2.45, 2.75) is 51.7 Å². The van der Waals surface area contributed by atoms with Crippen LogP contribution in [0.2, 0.25) is 0 Å². The average molecular weight is 282 g/mol. The Hall–Kier alpha value is -1.00. The van der Waals surface area contributed by atoms with Crippen molar-refractivity contribution in [3.63, 3.8) is 0 Å². The maximum atomic E-state index is 13.3. The van der Waals surface area contributed by atoms with Gasteiger partial charge >= 0.3 is 0 Å². The number of rotatable bonds is 3. The number of halogens is 2. The zero-order valence-electron chi connectivity index (χ0n) is 12.8. The van der Waals surface area contributed by atoms with E-state index in [1.165, 1.54) is 12.1 Å². The molecule has 1 saturated heterocycles. The van der Waals surface area contributed by atoms with Crippen molar-refractivity contribution in [3.05, 3.63) is 35.4 Å². The lowest BCUT2D eigenvalue weighted by atomic mass is 9.87. The van der Waals surface area contributed by atoms with E-state index >= 15 is 0 Å². The summed E-state index contributed by atoms with van der Waals surface area (Å²) in [4.78, 5) is 2.33. The van der Waals surface area contributed by atoms with Crippen LogP contribution in [-0.4, -0.2) is 29.1 Å². The van der Waals surface area contributed by atoms with E-state index in [1.54, 1.807) is 0 Å². The normalized spacial score (nSPS) is 26.7. The predicted octanol–water partition coefficient (Wildman–Crippen LogP) is 3.32. The second-order valence-corrected chi connectivity index (χ2v) is 6.72. The van der Waals surface area contributed by atoms with E-state index in [2.05, 4.69) is 37.9 Å². The number of nitrogens with one attached hydrogen (secondary N) is 1. The Morgan fingerprint density at radius 2 is 1.75 bits per heavy atom. The number of hydrogen-bond acceptors (Lipinski definition) is 2. The zero-order valence-corrected chi connectivity index (χ0v) is 12.8. The Labute approximate surface area is 120 Å². The second-order valence-electron chi connectivity index (χ2n) is 6.72. The first-order valence-corrected chi connectivity index (χ1v) is 7.19. The highest BCUT2D eigenvalue weighted by molar-refractivity contribution is 5.18. The minimum atomic E-state index is -0.507. The van der Waals surface area contributed by atoms with Gasteiger partial charge in [-0.25, -0.2) is 8.78 Å². The van der Waals surface area contributed by atoms with Gasteiger partial charge in [-0.1, -0.05) is 6.92 Å². The van der Waals surface area contributed by atoms with Crippen molar-refractivity contribution >= 4 is 0 Å². The van der Waals surface area contributed by atoms with Crippen molar-refractivity contribution in [1.82, 2.24) is 10.2 Å². The summed E-state index contributed by atoms with van der Waals surface area (Å²) in [7, 11) is 0. The standard InChI is InChI=1S/C16H24F2N2/c1-5-16(4)10-19-15(2,3)11-20(16)9-12-6-13(17)8-14(18)7-12/h6-8,19H,5,9-11H2,1-4H3. The Bertz CT molecular complexity index is 467. The Kier molecular flexibility index (Phi) is 4.17. The molecule has 1 fully saturated rings. The molecule has 1 aromatic carbocycles. The molecule has 1 unspecified atom stereocenters. The molecule has 0 spiro atoms. The quantitative estimate of drug-likeness (QED) is 0.915. The van der Waals surface area contributed by atoms with Crippen molar-refractivity contribution in [2.75, 3.05) is 13.1 Å². The van der Waals surface area contributed by atoms with Gasteiger partial charge in [0.05, 0.1) is 0 Å². The van der Waals surface area contributed by atoms with Gasteiger partial charge in [-0.3, -0.25) is 4.90 Å². The molecule has 0 amide bonds. The lowest BCUT2D eigenvalue weighted by Gasteiger charge is -2.51. The van der Waals surface area contributed by atoms with Crippen molar-refractivity contribution in [1.29, 1.82) is 0 Å². The Balaban J connectivity index is 2.23. The number of nitrogens with zero attached hydrogens (tertiary/aromatic N) is 1. The average Bonchev–Trinajstić information content (AvgIpc) is 2.33. The summed E-state index contributed by atoms with van der Waals surface area (Å²) in [6.45, 7) is 11.0. The number of hydrogen-bond donors (Lipinski definition) is 1. The van der Waals surface area contributed by atoms with Gasteiger partial charge in [-0.2, -0.15) is 0 Å². The molecular formula is C16H24F2N2. The molecular weight excluding hydrogens is 258 g/mol. The van der Waals surface area contributed by atoms with Crippen molar-refractivity contribution < 1.29 is 8.78 Å². The van der Waals surface area contributed by atoms with Crippen LogP contribution >= 0.6 is 0 Å². The Morgan fingerprint density at radius 3 is 2.30 bits per heavy atom. The predicted molar refractivity (Wildman–Crippen MR) is 77.5 cm³/mol. The van der Waals surface area contributed by atoms with Gasteiger partial charge < -0.3 is 5.32 Å². The third-order valence-electron chi connectivity index (χ3n) is 4.35.